The smallest absolute Gasteiger partial charge is 0.0912 e. The van der Waals surface area contributed by atoms with Crippen molar-refractivity contribution in [2.24, 2.45) is 0 Å². The number of nitrogens with one attached hydrogen (secondary N) is 1. The second-order valence-corrected chi connectivity index (χ2v) is 5.59. The van der Waals surface area contributed by atoms with Gasteiger partial charge >= 0.3 is 0 Å². The minimum absolute atomic E-state index is 0.926. The zero-order valence-corrected chi connectivity index (χ0v) is 17.3. The minimum Gasteiger partial charge on any atom is -0.501 e. The molecule has 2 aromatic rings. The summed E-state index contributed by atoms with van der Waals surface area (Å²) in [4.78, 5) is 0. The number of rotatable bonds is 8. The number of allylic oxidation sites excluding steroid dienone is 2. The van der Waals surface area contributed by atoms with Crippen LogP contribution in [0.3, 0.4) is 0 Å². The Labute approximate surface area is 161 Å². The van der Waals surface area contributed by atoms with Gasteiger partial charge in [-0.15, -0.1) is 0 Å². The van der Waals surface area contributed by atoms with Crippen LogP contribution in [0.5, 0.6) is 0 Å². The van der Waals surface area contributed by atoms with Crippen LogP contribution in [0.2, 0.25) is 0 Å². The van der Waals surface area contributed by atoms with Crippen LogP contribution < -0.4 is 5.32 Å². The van der Waals surface area contributed by atoms with E-state index in [1.807, 2.05) is 26.0 Å². The molecule has 144 valence electrons. The number of benzene rings is 2. The lowest BCUT2D eigenvalue weighted by Crippen LogP contribution is -2.12. The van der Waals surface area contributed by atoms with Gasteiger partial charge in [-0.3, -0.25) is 0 Å². The van der Waals surface area contributed by atoms with E-state index in [1.54, 1.807) is 7.11 Å². The minimum atomic E-state index is 0.926. The number of hydrogen-bond acceptors (Lipinski definition) is 2. The summed E-state index contributed by atoms with van der Waals surface area (Å²) in [7, 11) is 1.73. The van der Waals surface area contributed by atoms with E-state index >= 15 is 0 Å². The van der Waals surface area contributed by atoms with Crippen molar-refractivity contribution in [1.82, 2.24) is 5.32 Å². The van der Waals surface area contributed by atoms with Gasteiger partial charge < -0.3 is 10.1 Å². The molecule has 0 amide bonds. The third-order valence-corrected chi connectivity index (χ3v) is 3.62. The van der Waals surface area contributed by atoms with Crippen LogP contribution in [0, 0.1) is 0 Å². The second kappa shape index (κ2) is 17.8. The summed E-state index contributed by atoms with van der Waals surface area (Å²) in [5.74, 6) is 1.11. The van der Waals surface area contributed by atoms with Gasteiger partial charge in [-0.05, 0) is 23.6 Å². The van der Waals surface area contributed by atoms with Gasteiger partial charge in [-0.1, -0.05) is 94.8 Å². The lowest BCUT2D eigenvalue weighted by molar-refractivity contribution is 0.279. The normalized spacial score (nSPS) is 10.1. The molecule has 0 aliphatic heterocycles. The molecular weight excluding hydrogens is 318 g/mol. The van der Waals surface area contributed by atoms with Gasteiger partial charge in [0.2, 0.25) is 0 Å². The van der Waals surface area contributed by atoms with Gasteiger partial charge in [0.1, 0.15) is 0 Å². The molecular formula is C24H37NO. The Morgan fingerprint density at radius 1 is 0.846 bits per heavy atom. The molecule has 0 unspecified atom stereocenters. The summed E-state index contributed by atoms with van der Waals surface area (Å²) in [6, 6.07) is 20.9. The lowest BCUT2D eigenvalue weighted by Gasteiger charge is -2.04. The number of ether oxygens (including phenoxy) is 1. The van der Waals surface area contributed by atoms with Crippen LogP contribution in [0.15, 0.2) is 72.5 Å². The molecule has 26 heavy (non-hydrogen) atoms. The molecule has 2 nitrogen and oxygen atoms in total. The molecule has 0 spiro atoms. The van der Waals surface area contributed by atoms with Crippen molar-refractivity contribution in [2.75, 3.05) is 7.11 Å². The zero-order valence-electron chi connectivity index (χ0n) is 17.3. The van der Waals surface area contributed by atoms with E-state index in [2.05, 4.69) is 73.8 Å². The maximum atomic E-state index is 5.06. The quantitative estimate of drug-likeness (QED) is 0.530. The van der Waals surface area contributed by atoms with Gasteiger partial charge in [0.25, 0.3) is 0 Å². The van der Waals surface area contributed by atoms with Crippen LogP contribution in [-0.4, -0.2) is 7.11 Å². The van der Waals surface area contributed by atoms with E-state index in [4.69, 9.17) is 4.74 Å². The molecule has 2 heteroatoms. The summed E-state index contributed by atoms with van der Waals surface area (Å²) in [5, 5.41) is 3.42. The molecule has 0 aliphatic rings. The lowest BCUT2D eigenvalue weighted by atomic mass is 10.2. The van der Waals surface area contributed by atoms with Gasteiger partial charge in [-0.2, -0.15) is 0 Å². The van der Waals surface area contributed by atoms with Crippen molar-refractivity contribution < 1.29 is 4.74 Å². The molecule has 2 rings (SSSR count). The SMILES string of the molecule is CC.CCC/C=C(/CC)OC.c1ccc(CNCc2ccccc2)cc1. The predicted octanol–water partition coefficient (Wildman–Crippen LogP) is 6.73. The molecule has 1 N–H and O–H groups in total. The maximum absolute atomic E-state index is 5.06. The Balaban J connectivity index is 0.000000492. The molecule has 0 bridgehead atoms. The Morgan fingerprint density at radius 2 is 1.31 bits per heavy atom. The largest absolute Gasteiger partial charge is 0.501 e. The van der Waals surface area contributed by atoms with Crippen molar-refractivity contribution >= 4 is 0 Å². The monoisotopic (exact) mass is 355 g/mol. The molecule has 0 radical (unpaired) electrons. The highest BCUT2D eigenvalue weighted by Gasteiger charge is 1.92. The number of methoxy groups -OCH3 is 1. The van der Waals surface area contributed by atoms with Crippen LogP contribution in [0.4, 0.5) is 0 Å². The first-order valence-corrected chi connectivity index (χ1v) is 9.81. The van der Waals surface area contributed by atoms with E-state index in [-0.39, 0.29) is 0 Å². The Hall–Kier alpha value is -2.06. The molecule has 0 fully saturated rings. The third-order valence-electron chi connectivity index (χ3n) is 3.62. The highest BCUT2D eigenvalue weighted by molar-refractivity contribution is 5.16. The van der Waals surface area contributed by atoms with E-state index in [0.717, 1.165) is 31.7 Å². The average molecular weight is 356 g/mol. The highest BCUT2D eigenvalue weighted by atomic mass is 16.5. The molecule has 0 aliphatic carbocycles. The standard InChI is InChI=1S/C14H15N.C8H16O.C2H6/c1-3-7-13(8-4-1)11-15-12-14-9-5-2-6-10-14;1-4-6-7-8(5-2)9-3;1-2/h1-10,15H,11-12H2;7H,4-6H2,1-3H3;1-2H3/b;8-7-;. The highest BCUT2D eigenvalue weighted by Crippen LogP contribution is 2.03. The Bertz CT molecular complexity index is 503. The van der Waals surface area contributed by atoms with E-state index < -0.39 is 0 Å². The van der Waals surface area contributed by atoms with Crippen molar-refractivity contribution in [2.45, 2.75) is 60.0 Å². The molecule has 0 atom stereocenters. The third kappa shape index (κ3) is 12.3. The van der Waals surface area contributed by atoms with Crippen LogP contribution >= 0.6 is 0 Å². The van der Waals surface area contributed by atoms with Crippen molar-refractivity contribution in [3.8, 4) is 0 Å². The fourth-order valence-electron chi connectivity index (χ4n) is 2.22. The second-order valence-electron chi connectivity index (χ2n) is 5.59. The van der Waals surface area contributed by atoms with Gasteiger partial charge in [0.15, 0.2) is 0 Å². The van der Waals surface area contributed by atoms with Gasteiger partial charge in [0.05, 0.1) is 12.9 Å². The summed E-state index contributed by atoms with van der Waals surface area (Å²) in [6.07, 6.45) is 5.50. The van der Waals surface area contributed by atoms with Crippen LogP contribution in [0.1, 0.15) is 58.1 Å². The van der Waals surface area contributed by atoms with Gasteiger partial charge in [-0.25, -0.2) is 0 Å². The van der Waals surface area contributed by atoms with E-state index in [1.165, 1.54) is 17.5 Å². The van der Waals surface area contributed by atoms with E-state index in [9.17, 15) is 0 Å². The van der Waals surface area contributed by atoms with Crippen molar-refractivity contribution in [1.29, 1.82) is 0 Å². The predicted molar refractivity (Wildman–Crippen MR) is 115 cm³/mol. The first kappa shape index (κ1) is 23.9. The maximum Gasteiger partial charge on any atom is 0.0912 e. The summed E-state index contributed by atoms with van der Waals surface area (Å²) in [6.45, 7) is 10.1. The van der Waals surface area contributed by atoms with Crippen molar-refractivity contribution in [3.63, 3.8) is 0 Å². The van der Waals surface area contributed by atoms with Gasteiger partial charge in [0, 0.05) is 19.5 Å². The summed E-state index contributed by atoms with van der Waals surface area (Å²) < 4.78 is 5.06. The fraction of sp³-hybridized carbons (Fsp3) is 0.417. The van der Waals surface area contributed by atoms with Crippen LogP contribution in [0.25, 0.3) is 0 Å². The molecule has 0 saturated heterocycles. The molecule has 2 aromatic carbocycles. The Morgan fingerprint density at radius 3 is 1.65 bits per heavy atom. The number of hydrogen-bond donors (Lipinski definition) is 1. The summed E-state index contributed by atoms with van der Waals surface area (Å²) in [5.41, 5.74) is 2.65. The number of unbranched alkanes of at least 4 members (excludes halogenated alkanes) is 1. The molecule has 0 aromatic heterocycles. The molecule has 0 heterocycles. The Kier molecular flexibility index (Phi) is 16.3. The first-order valence-electron chi connectivity index (χ1n) is 9.81. The van der Waals surface area contributed by atoms with Crippen molar-refractivity contribution in [3.05, 3.63) is 83.6 Å². The zero-order chi connectivity index (χ0) is 19.5. The van der Waals surface area contributed by atoms with Crippen LogP contribution in [-0.2, 0) is 17.8 Å². The summed E-state index contributed by atoms with van der Waals surface area (Å²) >= 11 is 0. The topological polar surface area (TPSA) is 21.3 Å². The van der Waals surface area contributed by atoms with E-state index in [0.29, 0.717) is 0 Å². The average Bonchev–Trinajstić information content (AvgIpc) is 2.72. The molecule has 0 saturated carbocycles. The first-order chi connectivity index (χ1) is 12.8. The fourth-order valence-corrected chi connectivity index (χ4v) is 2.22.